The van der Waals surface area contributed by atoms with Crippen LogP contribution < -0.4 is 16.4 Å². The molecule has 0 saturated heterocycles. The molecule has 33 heavy (non-hydrogen) atoms. The number of hydrogen-bond donors (Lipinski definition) is 3. The first-order chi connectivity index (χ1) is 16.0. The molecule has 2 aliphatic rings. The van der Waals surface area contributed by atoms with Crippen LogP contribution in [0.2, 0.25) is 0 Å². The fourth-order valence-electron chi connectivity index (χ4n) is 4.99. The van der Waals surface area contributed by atoms with E-state index < -0.39 is 0 Å². The molecule has 4 N–H and O–H groups in total. The third-order valence-corrected chi connectivity index (χ3v) is 6.76. The van der Waals surface area contributed by atoms with Crippen molar-refractivity contribution in [3.63, 3.8) is 0 Å². The van der Waals surface area contributed by atoms with Crippen molar-refractivity contribution < 1.29 is 9.53 Å². The van der Waals surface area contributed by atoms with Crippen LogP contribution in [0.25, 0.3) is 10.9 Å². The molecule has 1 amide bonds. The normalized spacial score (nSPS) is 21.9. The number of nitrogens with one attached hydrogen (secondary N) is 2. The molecule has 1 heterocycles. The van der Waals surface area contributed by atoms with Crippen molar-refractivity contribution in [1.82, 2.24) is 15.3 Å². The lowest BCUT2D eigenvalue weighted by Gasteiger charge is -2.30. The molecule has 2 atom stereocenters. The van der Waals surface area contributed by atoms with Crippen LogP contribution in [-0.2, 0) is 4.74 Å². The number of carbonyl (C=O) groups is 1. The summed E-state index contributed by atoms with van der Waals surface area (Å²) in [5, 5.41) is 7.58. The van der Waals surface area contributed by atoms with Crippen molar-refractivity contribution in [2.75, 3.05) is 25.6 Å². The first-order valence-electron chi connectivity index (χ1n) is 12.2. The van der Waals surface area contributed by atoms with Crippen LogP contribution in [0.1, 0.15) is 67.5 Å². The predicted octanol–water partition coefficient (Wildman–Crippen LogP) is 3.58. The van der Waals surface area contributed by atoms with E-state index in [0.717, 1.165) is 42.1 Å². The Morgan fingerprint density at radius 2 is 1.91 bits per heavy atom. The Kier molecular flexibility index (Phi) is 7.75. The Morgan fingerprint density at radius 1 is 1.15 bits per heavy atom. The van der Waals surface area contributed by atoms with Gasteiger partial charge in [-0.15, -0.1) is 0 Å². The number of fused-ring (bicyclic) bond motifs is 1. The van der Waals surface area contributed by atoms with Gasteiger partial charge in [-0.2, -0.15) is 0 Å². The monoisotopic (exact) mass is 452 g/mol. The van der Waals surface area contributed by atoms with Gasteiger partial charge in [0, 0.05) is 25.1 Å². The third kappa shape index (κ3) is 5.99. The summed E-state index contributed by atoms with van der Waals surface area (Å²) in [5.74, 6) is 1.75. The van der Waals surface area contributed by atoms with Gasteiger partial charge in [-0.25, -0.2) is 9.97 Å². The number of aromatic nitrogens is 2. The maximum absolute atomic E-state index is 12.9. The summed E-state index contributed by atoms with van der Waals surface area (Å²) in [6.45, 7) is 3.06. The number of amidine groups is 1. The molecule has 0 radical (unpaired) electrons. The summed E-state index contributed by atoms with van der Waals surface area (Å²) in [6, 6.07) is 6.17. The molecule has 2 fully saturated rings. The summed E-state index contributed by atoms with van der Waals surface area (Å²) in [7, 11) is 1.62. The summed E-state index contributed by atoms with van der Waals surface area (Å²) >= 11 is 0. The molecule has 8 nitrogen and oxygen atoms in total. The number of aryl methyl sites for hydroxylation is 1. The quantitative estimate of drug-likeness (QED) is 0.417. The van der Waals surface area contributed by atoms with E-state index in [-0.39, 0.29) is 23.8 Å². The predicted molar refractivity (Wildman–Crippen MR) is 132 cm³/mol. The second-order valence-electron chi connectivity index (χ2n) is 9.43. The van der Waals surface area contributed by atoms with E-state index in [0.29, 0.717) is 30.7 Å². The zero-order valence-corrected chi connectivity index (χ0v) is 19.8. The number of aliphatic imine (C=N–C) groups is 1. The molecular weight excluding hydrogens is 416 g/mol. The fraction of sp³-hybridized carbons (Fsp3) is 0.600. The highest BCUT2D eigenvalue weighted by molar-refractivity contribution is 5.96. The van der Waals surface area contributed by atoms with Crippen molar-refractivity contribution >= 4 is 28.5 Å². The van der Waals surface area contributed by atoms with Crippen LogP contribution in [0.4, 0.5) is 5.82 Å². The van der Waals surface area contributed by atoms with E-state index in [1.165, 1.54) is 25.7 Å². The maximum atomic E-state index is 12.9. The lowest BCUT2D eigenvalue weighted by molar-refractivity contribution is 0.0937. The number of amides is 1. The first-order valence-corrected chi connectivity index (χ1v) is 12.2. The van der Waals surface area contributed by atoms with Gasteiger partial charge in [0.2, 0.25) is 5.82 Å². The zero-order valence-electron chi connectivity index (χ0n) is 19.8. The topological polar surface area (TPSA) is 115 Å². The molecule has 2 saturated carbocycles. The standard InChI is InChI=1S/C25H36N6O2/c1-16-11-12-19-18(13-16)23(30-21-10-6-5-9-20(21)28-22(26)15-33-2)31-24(29-19)25(32)27-14-17-7-3-4-8-17/h11-13,17,20-21H,3-10,14-15H2,1-2H3,(H2,26,28)(H,27,32)(H,29,30,31)/t20-,21+/m1/s1. The fourth-order valence-corrected chi connectivity index (χ4v) is 4.99. The average Bonchev–Trinajstić information content (AvgIpc) is 3.33. The molecule has 8 heteroatoms. The van der Waals surface area contributed by atoms with Gasteiger partial charge in [0.15, 0.2) is 0 Å². The van der Waals surface area contributed by atoms with Gasteiger partial charge in [-0.05, 0) is 50.7 Å². The minimum Gasteiger partial charge on any atom is -0.386 e. The zero-order chi connectivity index (χ0) is 23.2. The van der Waals surface area contributed by atoms with Crippen LogP contribution in [0.5, 0.6) is 0 Å². The molecular formula is C25H36N6O2. The number of ether oxygens (including phenoxy) is 1. The van der Waals surface area contributed by atoms with Gasteiger partial charge in [-0.1, -0.05) is 37.3 Å². The van der Waals surface area contributed by atoms with Gasteiger partial charge in [-0.3, -0.25) is 9.79 Å². The van der Waals surface area contributed by atoms with Crippen LogP contribution in [-0.4, -0.2) is 54.1 Å². The Balaban J connectivity index is 1.59. The summed E-state index contributed by atoms with van der Waals surface area (Å²) in [5.41, 5.74) is 7.93. The lowest BCUT2D eigenvalue weighted by Crippen LogP contribution is -2.38. The number of methoxy groups -OCH3 is 1. The Labute approximate surface area is 195 Å². The minimum atomic E-state index is -0.213. The highest BCUT2D eigenvalue weighted by atomic mass is 16.5. The highest BCUT2D eigenvalue weighted by Crippen LogP contribution is 2.28. The lowest BCUT2D eigenvalue weighted by atomic mass is 9.90. The summed E-state index contributed by atoms with van der Waals surface area (Å²) < 4.78 is 5.13. The molecule has 4 rings (SSSR count). The van der Waals surface area contributed by atoms with Gasteiger partial charge >= 0.3 is 0 Å². The van der Waals surface area contributed by atoms with Gasteiger partial charge < -0.3 is 21.1 Å². The number of hydrogen-bond acceptors (Lipinski definition) is 6. The van der Waals surface area contributed by atoms with Crippen molar-refractivity contribution in [2.24, 2.45) is 16.6 Å². The van der Waals surface area contributed by atoms with Crippen LogP contribution in [0.15, 0.2) is 23.2 Å². The molecule has 178 valence electrons. The second-order valence-corrected chi connectivity index (χ2v) is 9.43. The number of nitrogens with two attached hydrogens (primary N) is 1. The SMILES string of the molecule is COCC(N)=N[C@@H]1CCCC[C@@H]1Nc1nc(C(=O)NCC2CCCC2)nc2ccc(C)cc12. The van der Waals surface area contributed by atoms with Gasteiger partial charge in [0.05, 0.1) is 11.6 Å². The van der Waals surface area contributed by atoms with E-state index in [9.17, 15) is 4.79 Å². The Hall–Kier alpha value is -2.74. The van der Waals surface area contributed by atoms with Gasteiger partial charge in [0.25, 0.3) is 5.91 Å². The molecule has 0 spiro atoms. The average molecular weight is 453 g/mol. The van der Waals surface area contributed by atoms with Crippen LogP contribution >= 0.6 is 0 Å². The van der Waals surface area contributed by atoms with E-state index in [1.54, 1.807) is 7.11 Å². The van der Waals surface area contributed by atoms with E-state index in [1.807, 2.05) is 19.1 Å². The number of rotatable bonds is 8. The smallest absolute Gasteiger partial charge is 0.289 e. The number of benzene rings is 1. The van der Waals surface area contributed by atoms with Gasteiger partial charge in [0.1, 0.15) is 18.3 Å². The van der Waals surface area contributed by atoms with E-state index >= 15 is 0 Å². The van der Waals surface area contributed by atoms with Crippen LogP contribution in [0, 0.1) is 12.8 Å². The molecule has 1 aromatic carbocycles. The van der Waals surface area contributed by atoms with E-state index in [2.05, 4.69) is 21.7 Å². The molecule has 1 aromatic heterocycles. The van der Waals surface area contributed by atoms with Crippen molar-refractivity contribution in [1.29, 1.82) is 0 Å². The van der Waals surface area contributed by atoms with Crippen molar-refractivity contribution in [3.05, 3.63) is 29.6 Å². The summed E-state index contributed by atoms with van der Waals surface area (Å²) in [4.78, 5) is 26.9. The maximum Gasteiger partial charge on any atom is 0.289 e. The van der Waals surface area contributed by atoms with Crippen LogP contribution in [0.3, 0.4) is 0 Å². The molecule has 0 bridgehead atoms. The third-order valence-electron chi connectivity index (χ3n) is 6.76. The second kappa shape index (κ2) is 10.9. The van der Waals surface area contributed by atoms with Crippen molar-refractivity contribution in [2.45, 2.75) is 70.4 Å². The number of anilines is 1. The largest absolute Gasteiger partial charge is 0.386 e. The number of nitrogens with zero attached hydrogens (tertiary/aromatic N) is 3. The number of carbonyl (C=O) groups excluding carboxylic acids is 1. The first kappa shape index (κ1) is 23.4. The van der Waals surface area contributed by atoms with Crippen molar-refractivity contribution in [3.8, 4) is 0 Å². The molecule has 2 aliphatic carbocycles. The Morgan fingerprint density at radius 3 is 2.70 bits per heavy atom. The molecule has 0 unspecified atom stereocenters. The molecule has 2 aromatic rings. The van der Waals surface area contributed by atoms with E-state index in [4.69, 9.17) is 20.4 Å². The highest BCUT2D eigenvalue weighted by Gasteiger charge is 2.27. The minimum absolute atomic E-state index is 0.0448. The Bertz CT molecular complexity index is 1000. The summed E-state index contributed by atoms with van der Waals surface area (Å²) in [6.07, 6.45) is 9.02. The molecule has 0 aliphatic heterocycles.